The zero-order chi connectivity index (χ0) is 13.1. The molecule has 0 unspecified atom stereocenters. The summed E-state index contributed by atoms with van der Waals surface area (Å²) in [6.45, 7) is 0. The molecule has 0 saturated carbocycles. The van der Waals surface area contributed by atoms with Crippen molar-refractivity contribution >= 4 is 11.6 Å². The molecule has 0 fully saturated rings. The molecule has 0 bridgehead atoms. The summed E-state index contributed by atoms with van der Waals surface area (Å²) in [6.07, 6.45) is 9.75. The van der Waals surface area contributed by atoms with Gasteiger partial charge in [0.25, 0.3) is 5.91 Å². The summed E-state index contributed by atoms with van der Waals surface area (Å²) in [5, 5.41) is 9.08. The maximum Gasteiger partial charge on any atom is 0.257 e. The van der Waals surface area contributed by atoms with Gasteiger partial charge >= 0.3 is 0 Å². The highest BCUT2D eigenvalue weighted by molar-refractivity contribution is 6.03. The van der Waals surface area contributed by atoms with Crippen LogP contribution in [-0.2, 0) is 0 Å². The second-order valence-corrected chi connectivity index (χ2v) is 3.82. The zero-order valence-electron chi connectivity index (χ0n) is 9.82. The molecule has 3 aromatic heterocycles. The minimum Gasteiger partial charge on any atom is -0.319 e. The topological polar surface area (TPSA) is 88.5 Å². The number of aromatic nitrogens is 5. The number of nitrogens with one attached hydrogen (secondary N) is 2. The van der Waals surface area contributed by atoms with Gasteiger partial charge in [-0.3, -0.25) is 14.5 Å². The van der Waals surface area contributed by atoms with E-state index in [2.05, 4.69) is 25.5 Å². The first-order valence-corrected chi connectivity index (χ1v) is 5.57. The van der Waals surface area contributed by atoms with Crippen LogP contribution in [0, 0.1) is 0 Å². The lowest BCUT2D eigenvalue weighted by Gasteiger charge is -2.04. The van der Waals surface area contributed by atoms with E-state index in [0.29, 0.717) is 17.1 Å². The summed E-state index contributed by atoms with van der Waals surface area (Å²) >= 11 is 0. The molecule has 0 radical (unpaired) electrons. The van der Waals surface area contributed by atoms with Gasteiger partial charge in [-0.05, 0) is 12.1 Å². The quantitative estimate of drug-likeness (QED) is 0.736. The molecule has 0 aromatic carbocycles. The van der Waals surface area contributed by atoms with Gasteiger partial charge in [-0.2, -0.15) is 5.10 Å². The zero-order valence-corrected chi connectivity index (χ0v) is 9.82. The lowest BCUT2D eigenvalue weighted by atomic mass is 10.2. The average molecular weight is 254 g/mol. The molecule has 0 spiro atoms. The Morgan fingerprint density at radius 3 is 2.89 bits per heavy atom. The monoisotopic (exact) mass is 254 g/mol. The minimum atomic E-state index is -0.230. The summed E-state index contributed by atoms with van der Waals surface area (Å²) < 4.78 is 1.76. The molecule has 0 aliphatic rings. The lowest BCUT2D eigenvalue weighted by molar-refractivity contribution is 0.102. The van der Waals surface area contributed by atoms with Crippen molar-refractivity contribution in [3.8, 4) is 5.82 Å². The smallest absolute Gasteiger partial charge is 0.257 e. The Bertz CT molecular complexity index is 657. The molecular weight excluding hydrogens is 244 g/mol. The second-order valence-electron chi connectivity index (χ2n) is 3.82. The molecule has 0 aliphatic carbocycles. The van der Waals surface area contributed by atoms with Gasteiger partial charge in [0.2, 0.25) is 0 Å². The van der Waals surface area contributed by atoms with Crippen LogP contribution in [0.15, 0.2) is 49.4 Å². The summed E-state index contributed by atoms with van der Waals surface area (Å²) in [5.41, 5.74) is 1.09. The third-order valence-electron chi connectivity index (χ3n) is 2.54. The van der Waals surface area contributed by atoms with Gasteiger partial charge in [0.05, 0.1) is 17.4 Å². The highest BCUT2D eigenvalue weighted by atomic mass is 16.1. The number of amides is 1. The maximum atomic E-state index is 11.9. The molecule has 7 nitrogen and oxygen atoms in total. The van der Waals surface area contributed by atoms with Crippen molar-refractivity contribution in [2.24, 2.45) is 0 Å². The lowest BCUT2D eigenvalue weighted by Crippen LogP contribution is -2.12. The van der Waals surface area contributed by atoms with Crippen LogP contribution >= 0.6 is 0 Å². The Labute approximate surface area is 108 Å². The van der Waals surface area contributed by atoms with Crippen molar-refractivity contribution < 1.29 is 4.79 Å². The number of hydrogen-bond donors (Lipinski definition) is 2. The van der Waals surface area contributed by atoms with Crippen LogP contribution < -0.4 is 5.32 Å². The number of H-pyrrole nitrogens is 1. The molecule has 19 heavy (non-hydrogen) atoms. The van der Waals surface area contributed by atoms with Crippen molar-refractivity contribution in [3.63, 3.8) is 0 Å². The molecule has 0 aliphatic heterocycles. The summed E-state index contributed by atoms with van der Waals surface area (Å²) in [5.74, 6) is 0.475. The van der Waals surface area contributed by atoms with Crippen molar-refractivity contribution in [2.45, 2.75) is 0 Å². The number of anilines is 1. The van der Waals surface area contributed by atoms with E-state index in [1.54, 1.807) is 41.6 Å². The van der Waals surface area contributed by atoms with Gasteiger partial charge < -0.3 is 5.32 Å². The van der Waals surface area contributed by atoms with Crippen LogP contribution in [0.2, 0.25) is 0 Å². The predicted octanol–water partition coefficient (Wildman–Crippen LogP) is 1.24. The predicted molar refractivity (Wildman–Crippen MR) is 67.9 cm³/mol. The van der Waals surface area contributed by atoms with E-state index in [0.717, 1.165) is 0 Å². The largest absolute Gasteiger partial charge is 0.319 e. The first-order chi connectivity index (χ1) is 9.33. The van der Waals surface area contributed by atoms with Crippen molar-refractivity contribution in [2.75, 3.05) is 5.32 Å². The number of carbonyl (C=O) groups excluding carboxylic acids is 1. The number of nitrogens with zero attached hydrogens (tertiary/aromatic N) is 4. The van der Waals surface area contributed by atoms with Crippen LogP contribution in [0.3, 0.4) is 0 Å². The van der Waals surface area contributed by atoms with Gasteiger partial charge in [0.15, 0.2) is 0 Å². The molecule has 7 heteroatoms. The van der Waals surface area contributed by atoms with Crippen LogP contribution in [0.1, 0.15) is 10.4 Å². The van der Waals surface area contributed by atoms with Gasteiger partial charge in [-0.25, -0.2) is 9.97 Å². The average Bonchev–Trinajstić information content (AvgIpc) is 3.12. The number of aromatic amines is 1. The third-order valence-corrected chi connectivity index (χ3v) is 2.54. The standard InChI is InChI=1S/C12H10N6O/c19-12(17-10-6-15-16-7-10)9-1-2-11(14-5-9)18-4-3-13-8-18/h1-8H,(H,15,16)(H,17,19). The highest BCUT2D eigenvalue weighted by Crippen LogP contribution is 2.08. The Hall–Kier alpha value is -2.96. The molecule has 2 N–H and O–H groups in total. The van der Waals surface area contributed by atoms with Gasteiger partial charge in [-0.1, -0.05) is 0 Å². The van der Waals surface area contributed by atoms with Crippen molar-refractivity contribution in [3.05, 3.63) is 55.0 Å². The maximum absolute atomic E-state index is 11.9. The molecule has 0 atom stereocenters. The fraction of sp³-hybridized carbons (Fsp3) is 0. The first-order valence-electron chi connectivity index (χ1n) is 5.57. The number of carbonyl (C=O) groups is 1. The van der Waals surface area contributed by atoms with Crippen LogP contribution in [0.25, 0.3) is 5.82 Å². The number of hydrogen-bond acceptors (Lipinski definition) is 4. The van der Waals surface area contributed by atoms with Crippen LogP contribution in [0.4, 0.5) is 5.69 Å². The van der Waals surface area contributed by atoms with Gasteiger partial charge in [0.1, 0.15) is 12.1 Å². The van der Waals surface area contributed by atoms with Gasteiger partial charge in [0, 0.05) is 24.8 Å². The molecule has 3 aromatic rings. The van der Waals surface area contributed by atoms with E-state index in [1.165, 1.54) is 12.4 Å². The number of rotatable bonds is 3. The minimum absolute atomic E-state index is 0.230. The summed E-state index contributed by atoms with van der Waals surface area (Å²) in [7, 11) is 0. The number of pyridine rings is 1. The van der Waals surface area contributed by atoms with E-state index < -0.39 is 0 Å². The van der Waals surface area contributed by atoms with E-state index in [9.17, 15) is 4.79 Å². The number of imidazole rings is 1. The van der Waals surface area contributed by atoms with Crippen molar-refractivity contribution in [1.82, 2.24) is 24.7 Å². The Morgan fingerprint density at radius 1 is 1.32 bits per heavy atom. The van der Waals surface area contributed by atoms with Crippen molar-refractivity contribution in [1.29, 1.82) is 0 Å². The summed E-state index contributed by atoms with van der Waals surface area (Å²) in [6, 6.07) is 3.46. The highest BCUT2D eigenvalue weighted by Gasteiger charge is 2.07. The third kappa shape index (κ3) is 2.34. The molecular formula is C12H10N6O. The Morgan fingerprint density at radius 2 is 2.26 bits per heavy atom. The van der Waals surface area contributed by atoms with E-state index >= 15 is 0 Å². The van der Waals surface area contributed by atoms with Crippen LogP contribution in [0.5, 0.6) is 0 Å². The second kappa shape index (κ2) is 4.73. The Kier molecular flexibility index (Phi) is 2.77. The molecule has 1 amide bonds. The molecule has 3 rings (SSSR count). The fourth-order valence-corrected chi connectivity index (χ4v) is 1.59. The molecule has 94 valence electrons. The van der Waals surface area contributed by atoms with Crippen LogP contribution in [-0.4, -0.2) is 30.6 Å². The molecule has 0 saturated heterocycles. The van der Waals surface area contributed by atoms with E-state index in [1.807, 2.05) is 0 Å². The van der Waals surface area contributed by atoms with Gasteiger partial charge in [-0.15, -0.1) is 0 Å². The normalized spacial score (nSPS) is 10.3. The first kappa shape index (κ1) is 11.1. The SMILES string of the molecule is O=C(Nc1cn[nH]c1)c1ccc(-n2ccnc2)nc1. The Balaban J connectivity index is 1.77. The summed E-state index contributed by atoms with van der Waals surface area (Å²) in [4.78, 5) is 20.0. The van der Waals surface area contributed by atoms with E-state index in [4.69, 9.17) is 0 Å². The fourth-order valence-electron chi connectivity index (χ4n) is 1.59. The molecule has 3 heterocycles. The van der Waals surface area contributed by atoms with E-state index in [-0.39, 0.29) is 5.91 Å².